The van der Waals surface area contributed by atoms with Gasteiger partial charge in [-0.25, -0.2) is 0 Å². The number of carbonyl (C=O) groups excluding carboxylic acids is 1. The minimum absolute atomic E-state index is 0.176. The summed E-state index contributed by atoms with van der Waals surface area (Å²) >= 11 is 12.2. The molecule has 2 aromatic rings. The maximum absolute atomic E-state index is 13.6. The van der Waals surface area contributed by atoms with Crippen molar-refractivity contribution >= 4 is 29.1 Å². The third-order valence-corrected chi connectivity index (χ3v) is 7.50. The molecule has 0 N–H and O–H groups in total. The minimum Gasteiger partial charge on any atom is -0.316 e. The van der Waals surface area contributed by atoms with E-state index in [1.165, 1.54) is 24.0 Å². The van der Waals surface area contributed by atoms with Crippen LogP contribution in [-0.2, 0) is 16.9 Å². The van der Waals surface area contributed by atoms with Crippen molar-refractivity contribution in [2.75, 3.05) is 13.1 Å². The van der Waals surface area contributed by atoms with Crippen LogP contribution in [0.3, 0.4) is 0 Å². The fourth-order valence-electron chi connectivity index (χ4n) is 5.32. The summed E-state index contributed by atoms with van der Waals surface area (Å²) in [6, 6.07) is 14.5. The predicted octanol–water partition coefficient (Wildman–Crippen LogP) is 5.20. The van der Waals surface area contributed by atoms with Crippen molar-refractivity contribution in [2.24, 2.45) is 0 Å². The van der Waals surface area contributed by atoms with Crippen molar-refractivity contribution in [3.05, 3.63) is 69.2 Å². The number of carbonyl (C=O) groups is 1. The summed E-state index contributed by atoms with van der Waals surface area (Å²) in [6.45, 7) is 4.33. The van der Waals surface area contributed by atoms with Gasteiger partial charge in [0.05, 0.1) is 16.5 Å². The number of hydrogen-bond acceptors (Lipinski definition) is 2. The number of likely N-dealkylation sites (tertiary alicyclic amines) is 1. The molecule has 3 atom stereocenters. The van der Waals surface area contributed by atoms with Crippen LogP contribution >= 0.6 is 23.2 Å². The van der Waals surface area contributed by atoms with E-state index in [0.29, 0.717) is 28.4 Å². The van der Waals surface area contributed by atoms with Crippen molar-refractivity contribution < 1.29 is 4.79 Å². The van der Waals surface area contributed by atoms with Crippen molar-refractivity contribution in [3.8, 4) is 0 Å². The van der Waals surface area contributed by atoms with Gasteiger partial charge in [-0.1, -0.05) is 53.5 Å². The molecule has 3 aliphatic rings. The lowest BCUT2D eigenvalue weighted by atomic mass is 9.86. The summed E-state index contributed by atoms with van der Waals surface area (Å²) < 4.78 is 0. The predicted molar refractivity (Wildman–Crippen MR) is 113 cm³/mol. The molecule has 28 heavy (non-hydrogen) atoms. The Bertz CT molecular complexity index is 940. The lowest BCUT2D eigenvalue weighted by molar-refractivity contribution is -0.149. The number of halogens is 2. The summed E-state index contributed by atoms with van der Waals surface area (Å²) in [5.74, 6) is 0.652. The van der Waals surface area contributed by atoms with E-state index in [2.05, 4.69) is 41.0 Å². The van der Waals surface area contributed by atoms with Crippen molar-refractivity contribution in [2.45, 2.75) is 50.2 Å². The molecule has 0 bridgehead atoms. The van der Waals surface area contributed by atoms with Gasteiger partial charge in [0.2, 0.25) is 5.91 Å². The lowest BCUT2D eigenvalue weighted by Gasteiger charge is -2.51. The van der Waals surface area contributed by atoms with E-state index < -0.39 is 0 Å². The summed E-state index contributed by atoms with van der Waals surface area (Å²) in [5.41, 5.74) is 3.27. The van der Waals surface area contributed by atoms with Crippen molar-refractivity contribution in [1.29, 1.82) is 0 Å². The zero-order valence-corrected chi connectivity index (χ0v) is 17.5. The molecule has 3 nitrogen and oxygen atoms in total. The monoisotopic (exact) mass is 414 g/mol. The maximum atomic E-state index is 13.6. The van der Waals surface area contributed by atoms with E-state index in [4.69, 9.17) is 23.2 Å². The number of fused-ring (bicyclic) bond motifs is 3. The van der Waals surface area contributed by atoms with Crippen LogP contribution in [0.25, 0.3) is 0 Å². The molecular formula is C23H24Cl2N2O. The van der Waals surface area contributed by atoms with Gasteiger partial charge >= 0.3 is 0 Å². The normalized spacial score (nSPS) is 28.8. The molecule has 146 valence electrons. The lowest BCUT2D eigenvalue weighted by Crippen LogP contribution is -2.60. The Morgan fingerprint density at radius 1 is 1.11 bits per heavy atom. The molecule has 0 aromatic heterocycles. The first-order valence-electron chi connectivity index (χ1n) is 10.1. The second kappa shape index (κ2) is 6.76. The molecule has 5 rings (SSSR count). The quantitative estimate of drug-likeness (QED) is 0.688. The average Bonchev–Trinajstić information content (AvgIpc) is 3.25. The van der Waals surface area contributed by atoms with Crippen LogP contribution < -0.4 is 0 Å². The molecule has 1 saturated heterocycles. The number of rotatable bonds is 3. The highest BCUT2D eigenvalue weighted by atomic mass is 35.5. The minimum atomic E-state index is -0.377. The van der Waals surface area contributed by atoms with E-state index in [1.54, 1.807) is 6.07 Å². The molecular weight excluding hydrogens is 391 g/mol. The van der Waals surface area contributed by atoms with Gasteiger partial charge < -0.3 is 4.90 Å². The number of nitrogens with zero attached hydrogens (tertiary/aromatic N) is 2. The standard InChI is InChI=1S/C23H24Cl2N2O/c1-23(26-10-4-5-11-26)18-7-3-2-6-16(18)17-14-21(17)27(23)22(28)13-15-8-9-19(24)20(25)12-15/h2-3,6-9,12,17,21H,4-5,10-11,13-14H2,1H3. The zero-order valence-electron chi connectivity index (χ0n) is 16.0. The van der Waals surface area contributed by atoms with Crippen LogP contribution in [-0.4, -0.2) is 34.8 Å². The molecule has 2 fully saturated rings. The molecule has 1 aliphatic carbocycles. The van der Waals surface area contributed by atoms with E-state index in [-0.39, 0.29) is 11.6 Å². The number of benzene rings is 2. The Labute approximate surface area is 176 Å². The van der Waals surface area contributed by atoms with E-state index in [9.17, 15) is 4.79 Å². The Kier molecular flexibility index (Phi) is 4.46. The van der Waals surface area contributed by atoms with Crippen LogP contribution in [0.4, 0.5) is 0 Å². The van der Waals surface area contributed by atoms with Gasteiger partial charge in [-0.3, -0.25) is 9.69 Å². The van der Waals surface area contributed by atoms with Gasteiger partial charge in [0, 0.05) is 25.0 Å². The fraction of sp³-hybridized carbons (Fsp3) is 0.435. The van der Waals surface area contributed by atoms with E-state index >= 15 is 0 Å². The molecule has 0 spiro atoms. The fourth-order valence-corrected chi connectivity index (χ4v) is 5.64. The van der Waals surface area contributed by atoms with Gasteiger partial charge in [0.25, 0.3) is 0 Å². The van der Waals surface area contributed by atoms with Gasteiger partial charge in [0.15, 0.2) is 0 Å². The van der Waals surface area contributed by atoms with E-state index in [1.807, 2.05) is 12.1 Å². The van der Waals surface area contributed by atoms with Gasteiger partial charge in [-0.05, 0) is 55.0 Å². The second-order valence-corrected chi connectivity index (χ2v) is 9.22. The zero-order chi connectivity index (χ0) is 19.5. The molecule has 5 heteroatoms. The number of amides is 1. The first kappa shape index (κ1) is 18.5. The molecule has 2 heterocycles. The van der Waals surface area contributed by atoms with Crippen LogP contribution in [0.2, 0.25) is 10.0 Å². The summed E-state index contributed by atoms with van der Waals surface area (Å²) in [6.07, 6.45) is 3.81. The molecule has 2 aliphatic heterocycles. The molecule has 2 aromatic carbocycles. The molecule has 3 unspecified atom stereocenters. The molecule has 1 amide bonds. The average molecular weight is 415 g/mol. The Morgan fingerprint density at radius 2 is 1.86 bits per heavy atom. The Hall–Kier alpha value is -1.55. The van der Waals surface area contributed by atoms with Crippen LogP contribution in [0.1, 0.15) is 48.8 Å². The van der Waals surface area contributed by atoms with Gasteiger partial charge in [-0.2, -0.15) is 0 Å². The number of hydrogen-bond donors (Lipinski definition) is 0. The maximum Gasteiger partial charge on any atom is 0.229 e. The highest BCUT2D eigenvalue weighted by molar-refractivity contribution is 6.42. The Morgan fingerprint density at radius 3 is 2.61 bits per heavy atom. The second-order valence-electron chi connectivity index (χ2n) is 8.40. The highest BCUT2D eigenvalue weighted by Gasteiger charge is 2.59. The van der Waals surface area contributed by atoms with Crippen LogP contribution in [0, 0.1) is 0 Å². The topological polar surface area (TPSA) is 23.6 Å². The van der Waals surface area contributed by atoms with Crippen molar-refractivity contribution in [1.82, 2.24) is 9.80 Å². The first-order valence-corrected chi connectivity index (χ1v) is 10.9. The highest BCUT2D eigenvalue weighted by Crippen LogP contribution is 2.57. The van der Waals surface area contributed by atoms with Gasteiger partial charge in [-0.15, -0.1) is 0 Å². The summed E-state index contributed by atoms with van der Waals surface area (Å²) in [5, 5.41) is 1.02. The van der Waals surface area contributed by atoms with Gasteiger partial charge in [0.1, 0.15) is 5.66 Å². The third-order valence-electron chi connectivity index (χ3n) is 6.76. The first-order chi connectivity index (χ1) is 13.5. The smallest absolute Gasteiger partial charge is 0.229 e. The SMILES string of the molecule is CC1(N2CCCC2)c2ccccc2C2CC2N1C(=O)Cc1ccc(Cl)c(Cl)c1. The van der Waals surface area contributed by atoms with Crippen LogP contribution in [0.15, 0.2) is 42.5 Å². The van der Waals surface area contributed by atoms with Crippen LogP contribution in [0.5, 0.6) is 0 Å². The molecule has 0 radical (unpaired) electrons. The largest absolute Gasteiger partial charge is 0.316 e. The third kappa shape index (κ3) is 2.79. The van der Waals surface area contributed by atoms with E-state index in [0.717, 1.165) is 25.1 Å². The Balaban J connectivity index is 1.53. The summed E-state index contributed by atoms with van der Waals surface area (Å²) in [4.78, 5) is 18.3. The van der Waals surface area contributed by atoms with Crippen molar-refractivity contribution in [3.63, 3.8) is 0 Å². The molecule has 1 saturated carbocycles. The summed E-state index contributed by atoms with van der Waals surface area (Å²) in [7, 11) is 0.